The average molecular weight is 284 g/mol. The summed E-state index contributed by atoms with van der Waals surface area (Å²) in [7, 11) is 0. The zero-order valence-corrected chi connectivity index (χ0v) is 12.2. The smallest absolute Gasteiger partial charge is 0.161 e. The Kier molecular flexibility index (Phi) is 4.11. The van der Waals surface area contributed by atoms with Crippen LogP contribution in [0.1, 0.15) is 29.5 Å². The molecule has 3 nitrogen and oxygen atoms in total. The zero-order valence-electron chi connectivity index (χ0n) is 12.2. The van der Waals surface area contributed by atoms with Crippen LogP contribution in [0.2, 0.25) is 0 Å². The van der Waals surface area contributed by atoms with Gasteiger partial charge in [0.25, 0.3) is 0 Å². The first kappa shape index (κ1) is 14.0. The molecule has 0 amide bonds. The Balaban J connectivity index is 1.68. The SMILES string of the molecule is CCOc1cc(CO)ccc1OCC1Cc2ccccc21. The number of hydrogen-bond acceptors (Lipinski definition) is 3. The molecule has 0 spiro atoms. The van der Waals surface area contributed by atoms with Crippen LogP contribution in [0.5, 0.6) is 11.5 Å². The topological polar surface area (TPSA) is 38.7 Å². The largest absolute Gasteiger partial charge is 0.490 e. The lowest BCUT2D eigenvalue weighted by Gasteiger charge is -2.30. The monoisotopic (exact) mass is 284 g/mol. The van der Waals surface area contributed by atoms with Gasteiger partial charge in [-0.1, -0.05) is 30.3 Å². The summed E-state index contributed by atoms with van der Waals surface area (Å²) in [6, 6.07) is 14.1. The quantitative estimate of drug-likeness (QED) is 0.884. The summed E-state index contributed by atoms with van der Waals surface area (Å²) in [6.45, 7) is 3.20. The number of benzene rings is 2. The molecule has 0 radical (unpaired) electrons. The van der Waals surface area contributed by atoms with E-state index >= 15 is 0 Å². The van der Waals surface area contributed by atoms with E-state index in [0.29, 0.717) is 24.9 Å². The first-order valence-corrected chi connectivity index (χ1v) is 7.39. The second-order valence-corrected chi connectivity index (χ2v) is 5.28. The molecule has 0 saturated heterocycles. The highest BCUT2D eigenvalue weighted by Crippen LogP contribution is 2.36. The summed E-state index contributed by atoms with van der Waals surface area (Å²) >= 11 is 0. The average Bonchev–Trinajstić information content (AvgIpc) is 2.49. The first-order valence-electron chi connectivity index (χ1n) is 7.39. The van der Waals surface area contributed by atoms with Gasteiger partial charge in [0.05, 0.1) is 19.8 Å². The zero-order chi connectivity index (χ0) is 14.7. The minimum absolute atomic E-state index is 0.0103. The standard InChI is InChI=1S/C18H20O3/c1-2-20-18-9-13(11-19)7-8-17(18)21-12-15-10-14-5-3-4-6-16(14)15/h3-9,15,19H,2,10-12H2,1H3. The van der Waals surface area contributed by atoms with Gasteiger partial charge in [0.1, 0.15) is 0 Å². The van der Waals surface area contributed by atoms with E-state index in [0.717, 1.165) is 17.7 Å². The molecule has 0 aromatic heterocycles. The molecule has 3 rings (SSSR count). The molecule has 0 bridgehead atoms. The maximum absolute atomic E-state index is 9.20. The van der Waals surface area contributed by atoms with Crippen molar-refractivity contribution in [1.29, 1.82) is 0 Å². The van der Waals surface area contributed by atoms with Crippen molar-refractivity contribution in [2.45, 2.75) is 25.9 Å². The number of fused-ring (bicyclic) bond motifs is 1. The Morgan fingerprint density at radius 3 is 2.71 bits per heavy atom. The number of ether oxygens (including phenoxy) is 2. The van der Waals surface area contributed by atoms with Crippen molar-refractivity contribution in [3.63, 3.8) is 0 Å². The molecule has 2 aromatic rings. The van der Waals surface area contributed by atoms with Crippen LogP contribution in [0.3, 0.4) is 0 Å². The van der Waals surface area contributed by atoms with Crippen molar-refractivity contribution >= 4 is 0 Å². The summed E-state index contributed by atoms with van der Waals surface area (Å²) in [5.41, 5.74) is 3.65. The Morgan fingerprint density at radius 2 is 1.95 bits per heavy atom. The lowest BCUT2D eigenvalue weighted by molar-refractivity contribution is 0.249. The Morgan fingerprint density at radius 1 is 1.10 bits per heavy atom. The molecule has 1 N–H and O–H groups in total. The Labute approximate surface area is 125 Å². The molecule has 1 unspecified atom stereocenters. The van der Waals surface area contributed by atoms with Crippen LogP contribution >= 0.6 is 0 Å². The van der Waals surface area contributed by atoms with E-state index in [4.69, 9.17) is 9.47 Å². The fourth-order valence-corrected chi connectivity index (χ4v) is 2.74. The van der Waals surface area contributed by atoms with E-state index in [1.165, 1.54) is 11.1 Å². The highest BCUT2D eigenvalue weighted by atomic mass is 16.5. The highest BCUT2D eigenvalue weighted by molar-refractivity contribution is 5.44. The Hall–Kier alpha value is -2.00. The molecule has 0 aliphatic heterocycles. The molecule has 110 valence electrons. The molecule has 0 heterocycles. The molecule has 0 fully saturated rings. The van der Waals surface area contributed by atoms with Crippen LogP contribution in [0.25, 0.3) is 0 Å². The predicted octanol–water partition coefficient (Wildman–Crippen LogP) is 3.30. The van der Waals surface area contributed by atoms with Crippen LogP contribution in [-0.4, -0.2) is 18.3 Å². The molecule has 1 aliphatic carbocycles. The maximum Gasteiger partial charge on any atom is 0.161 e. The van der Waals surface area contributed by atoms with Crippen LogP contribution in [0.15, 0.2) is 42.5 Å². The molecule has 0 saturated carbocycles. The van der Waals surface area contributed by atoms with Crippen LogP contribution in [-0.2, 0) is 13.0 Å². The van der Waals surface area contributed by atoms with E-state index in [9.17, 15) is 5.11 Å². The number of aliphatic hydroxyl groups excluding tert-OH is 1. The van der Waals surface area contributed by atoms with Gasteiger partial charge < -0.3 is 14.6 Å². The van der Waals surface area contributed by atoms with Crippen molar-refractivity contribution in [2.24, 2.45) is 0 Å². The van der Waals surface area contributed by atoms with Crippen molar-refractivity contribution < 1.29 is 14.6 Å². The summed E-state index contributed by atoms with van der Waals surface area (Å²) < 4.78 is 11.5. The van der Waals surface area contributed by atoms with E-state index < -0.39 is 0 Å². The lowest BCUT2D eigenvalue weighted by atomic mass is 9.78. The molecule has 3 heteroatoms. The van der Waals surface area contributed by atoms with Crippen molar-refractivity contribution in [3.05, 3.63) is 59.2 Å². The molecule has 1 aliphatic rings. The Bertz CT molecular complexity index is 622. The highest BCUT2D eigenvalue weighted by Gasteiger charge is 2.26. The van der Waals surface area contributed by atoms with Gasteiger partial charge in [-0.15, -0.1) is 0 Å². The minimum Gasteiger partial charge on any atom is -0.490 e. The second-order valence-electron chi connectivity index (χ2n) is 5.28. The maximum atomic E-state index is 9.20. The van der Waals surface area contributed by atoms with Crippen molar-refractivity contribution in [3.8, 4) is 11.5 Å². The van der Waals surface area contributed by atoms with Gasteiger partial charge >= 0.3 is 0 Å². The molecule has 21 heavy (non-hydrogen) atoms. The van der Waals surface area contributed by atoms with E-state index in [2.05, 4.69) is 24.3 Å². The number of aliphatic hydroxyl groups is 1. The first-order chi connectivity index (χ1) is 10.3. The van der Waals surface area contributed by atoms with Gasteiger partial charge in [0.15, 0.2) is 11.5 Å². The second kappa shape index (κ2) is 6.19. The van der Waals surface area contributed by atoms with Gasteiger partial charge in [0.2, 0.25) is 0 Å². The summed E-state index contributed by atoms with van der Waals surface area (Å²) in [6.07, 6.45) is 1.08. The summed E-state index contributed by atoms with van der Waals surface area (Å²) in [4.78, 5) is 0. The van der Waals surface area contributed by atoms with Crippen LogP contribution < -0.4 is 9.47 Å². The van der Waals surface area contributed by atoms with Crippen molar-refractivity contribution in [1.82, 2.24) is 0 Å². The van der Waals surface area contributed by atoms with Crippen LogP contribution in [0.4, 0.5) is 0 Å². The minimum atomic E-state index is 0.0103. The van der Waals surface area contributed by atoms with E-state index in [-0.39, 0.29) is 6.61 Å². The summed E-state index contributed by atoms with van der Waals surface area (Å²) in [5, 5.41) is 9.20. The van der Waals surface area contributed by atoms with Gasteiger partial charge in [0, 0.05) is 5.92 Å². The van der Waals surface area contributed by atoms with Crippen LogP contribution in [0, 0.1) is 0 Å². The fourth-order valence-electron chi connectivity index (χ4n) is 2.74. The lowest BCUT2D eigenvalue weighted by Crippen LogP contribution is -2.23. The normalized spacial score (nSPS) is 16.0. The van der Waals surface area contributed by atoms with E-state index in [1.54, 1.807) is 0 Å². The fraction of sp³-hybridized carbons (Fsp3) is 0.333. The third kappa shape index (κ3) is 2.88. The van der Waals surface area contributed by atoms with Gasteiger partial charge in [-0.25, -0.2) is 0 Å². The van der Waals surface area contributed by atoms with Crippen molar-refractivity contribution in [2.75, 3.05) is 13.2 Å². The third-order valence-electron chi connectivity index (χ3n) is 3.89. The molecule has 1 atom stereocenters. The van der Waals surface area contributed by atoms with E-state index in [1.807, 2.05) is 25.1 Å². The summed E-state index contributed by atoms with van der Waals surface area (Å²) in [5.74, 6) is 1.92. The van der Waals surface area contributed by atoms with Gasteiger partial charge in [-0.05, 0) is 42.2 Å². The number of rotatable bonds is 6. The third-order valence-corrected chi connectivity index (χ3v) is 3.89. The molecular weight excluding hydrogens is 264 g/mol. The van der Waals surface area contributed by atoms with Gasteiger partial charge in [-0.3, -0.25) is 0 Å². The molecule has 2 aromatic carbocycles. The predicted molar refractivity (Wildman–Crippen MR) is 81.9 cm³/mol. The number of hydrogen-bond donors (Lipinski definition) is 1. The molecular formula is C18H20O3. The van der Waals surface area contributed by atoms with Gasteiger partial charge in [-0.2, -0.15) is 0 Å².